The lowest BCUT2D eigenvalue weighted by atomic mass is 10.1. The van der Waals surface area contributed by atoms with Crippen molar-refractivity contribution in [3.8, 4) is 0 Å². The Morgan fingerprint density at radius 3 is 2.60 bits per heavy atom. The number of aromatic nitrogens is 1. The van der Waals surface area contributed by atoms with Gasteiger partial charge in [0.1, 0.15) is 0 Å². The zero-order valence-corrected chi connectivity index (χ0v) is 9.05. The molecule has 0 aliphatic carbocycles. The molecule has 0 aromatic carbocycles. The highest BCUT2D eigenvalue weighted by Gasteiger charge is 2.21. The Morgan fingerprint density at radius 1 is 1.53 bits per heavy atom. The summed E-state index contributed by atoms with van der Waals surface area (Å²) in [5, 5.41) is 9.16. The van der Waals surface area contributed by atoms with Gasteiger partial charge in [0.15, 0.2) is 0 Å². The molecule has 0 saturated carbocycles. The molecule has 0 aliphatic rings. The Bertz CT molecular complexity index is 310. The van der Waals surface area contributed by atoms with Gasteiger partial charge in [-0.25, -0.2) is 4.79 Å². The van der Waals surface area contributed by atoms with Crippen LogP contribution in [0.15, 0.2) is 24.5 Å². The number of amides is 1. The third-order valence-electron chi connectivity index (χ3n) is 2.44. The van der Waals surface area contributed by atoms with Gasteiger partial charge in [0.25, 0.3) is 0 Å². The molecule has 0 aliphatic heterocycles. The zero-order valence-electron chi connectivity index (χ0n) is 9.05. The topological polar surface area (TPSA) is 53.4 Å². The minimum absolute atomic E-state index is 0.0201. The summed E-state index contributed by atoms with van der Waals surface area (Å²) in [6.07, 6.45) is 3.90. The highest BCUT2D eigenvalue weighted by Crippen LogP contribution is 2.19. The monoisotopic (exact) mass is 208 g/mol. The van der Waals surface area contributed by atoms with Gasteiger partial charge in [0, 0.05) is 12.2 Å². The van der Waals surface area contributed by atoms with Gasteiger partial charge in [0.05, 0.1) is 11.9 Å². The van der Waals surface area contributed by atoms with Crippen LogP contribution in [0.2, 0.25) is 0 Å². The standard InChI is InChI=1S/C11H16N2O2/c1-3-9(4-2)13(11(14)15)10-6-5-7-12-8-10/h5-9H,3-4H2,1-2H3,(H,14,15). The molecule has 1 amide bonds. The quantitative estimate of drug-likeness (QED) is 0.827. The summed E-state index contributed by atoms with van der Waals surface area (Å²) in [5.41, 5.74) is 0.638. The van der Waals surface area contributed by atoms with E-state index >= 15 is 0 Å². The molecule has 0 bridgehead atoms. The largest absolute Gasteiger partial charge is 0.465 e. The molecule has 4 nitrogen and oxygen atoms in total. The minimum atomic E-state index is -0.920. The van der Waals surface area contributed by atoms with E-state index in [1.165, 1.54) is 4.90 Å². The summed E-state index contributed by atoms with van der Waals surface area (Å²) >= 11 is 0. The molecule has 0 unspecified atom stereocenters. The van der Waals surface area contributed by atoms with Crippen molar-refractivity contribution in [2.24, 2.45) is 0 Å². The van der Waals surface area contributed by atoms with E-state index in [0.717, 1.165) is 12.8 Å². The molecular formula is C11H16N2O2. The molecular weight excluding hydrogens is 192 g/mol. The van der Waals surface area contributed by atoms with Gasteiger partial charge in [-0.05, 0) is 25.0 Å². The lowest BCUT2D eigenvalue weighted by molar-refractivity contribution is 0.198. The molecule has 1 aromatic heterocycles. The second-order valence-electron chi connectivity index (χ2n) is 3.33. The Kier molecular flexibility index (Phi) is 4.09. The maximum absolute atomic E-state index is 11.2. The van der Waals surface area contributed by atoms with Crippen LogP contribution >= 0.6 is 0 Å². The molecule has 1 aromatic rings. The highest BCUT2D eigenvalue weighted by atomic mass is 16.4. The van der Waals surface area contributed by atoms with Gasteiger partial charge in [0.2, 0.25) is 0 Å². The molecule has 0 spiro atoms. The normalized spacial score (nSPS) is 10.3. The van der Waals surface area contributed by atoms with E-state index < -0.39 is 6.09 Å². The second-order valence-corrected chi connectivity index (χ2v) is 3.33. The number of carbonyl (C=O) groups is 1. The lowest BCUT2D eigenvalue weighted by Crippen LogP contribution is -2.38. The molecule has 1 heterocycles. The van der Waals surface area contributed by atoms with Gasteiger partial charge < -0.3 is 5.11 Å². The fraction of sp³-hybridized carbons (Fsp3) is 0.455. The minimum Gasteiger partial charge on any atom is -0.465 e. The molecule has 1 rings (SSSR count). The third-order valence-corrected chi connectivity index (χ3v) is 2.44. The Hall–Kier alpha value is -1.58. The van der Waals surface area contributed by atoms with Gasteiger partial charge in [-0.15, -0.1) is 0 Å². The first-order chi connectivity index (χ1) is 7.20. The second kappa shape index (κ2) is 5.34. The fourth-order valence-electron chi connectivity index (χ4n) is 1.63. The number of hydrogen-bond donors (Lipinski definition) is 1. The molecule has 0 saturated heterocycles. The van der Waals surface area contributed by atoms with Gasteiger partial charge in [-0.3, -0.25) is 9.88 Å². The highest BCUT2D eigenvalue weighted by molar-refractivity contribution is 5.86. The molecule has 82 valence electrons. The number of hydrogen-bond acceptors (Lipinski definition) is 2. The predicted octanol–water partition coefficient (Wildman–Crippen LogP) is 2.75. The van der Waals surface area contributed by atoms with Crippen molar-refractivity contribution < 1.29 is 9.90 Å². The van der Waals surface area contributed by atoms with E-state index in [9.17, 15) is 4.79 Å². The van der Waals surface area contributed by atoms with E-state index in [-0.39, 0.29) is 6.04 Å². The summed E-state index contributed by atoms with van der Waals surface area (Å²) in [7, 11) is 0. The predicted molar refractivity (Wildman–Crippen MR) is 59.1 cm³/mol. The fourth-order valence-corrected chi connectivity index (χ4v) is 1.63. The zero-order chi connectivity index (χ0) is 11.3. The smallest absolute Gasteiger partial charge is 0.412 e. The maximum Gasteiger partial charge on any atom is 0.412 e. The van der Waals surface area contributed by atoms with Crippen molar-refractivity contribution in [1.29, 1.82) is 0 Å². The average Bonchev–Trinajstić information content (AvgIpc) is 2.26. The summed E-state index contributed by atoms with van der Waals surface area (Å²) in [6, 6.07) is 3.53. The molecule has 0 atom stereocenters. The number of rotatable bonds is 4. The average molecular weight is 208 g/mol. The van der Waals surface area contributed by atoms with Crippen LogP contribution in [-0.4, -0.2) is 22.2 Å². The molecule has 15 heavy (non-hydrogen) atoms. The van der Waals surface area contributed by atoms with E-state index in [2.05, 4.69) is 4.98 Å². The summed E-state index contributed by atoms with van der Waals surface area (Å²) in [5.74, 6) is 0. The Morgan fingerprint density at radius 2 is 2.20 bits per heavy atom. The van der Waals surface area contributed by atoms with Crippen LogP contribution in [0.3, 0.4) is 0 Å². The van der Waals surface area contributed by atoms with Crippen LogP contribution in [-0.2, 0) is 0 Å². The van der Waals surface area contributed by atoms with E-state index in [1.54, 1.807) is 24.5 Å². The van der Waals surface area contributed by atoms with Crippen LogP contribution in [0.5, 0.6) is 0 Å². The van der Waals surface area contributed by atoms with Crippen molar-refractivity contribution in [2.45, 2.75) is 32.7 Å². The first kappa shape index (κ1) is 11.5. The number of nitrogens with zero attached hydrogens (tertiary/aromatic N) is 2. The Labute approximate surface area is 89.6 Å². The number of anilines is 1. The molecule has 1 N–H and O–H groups in total. The Balaban J connectivity index is 2.97. The SMILES string of the molecule is CCC(CC)N(C(=O)O)c1cccnc1. The van der Waals surface area contributed by atoms with Crippen LogP contribution in [0.1, 0.15) is 26.7 Å². The number of carboxylic acid groups (broad SMARTS) is 1. The van der Waals surface area contributed by atoms with E-state index in [4.69, 9.17) is 5.11 Å². The first-order valence-corrected chi connectivity index (χ1v) is 5.12. The van der Waals surface area contributed by atoms with Gasteiger partial charge in [-0.2, -0.15) is 0 Å². The van der Waals surface area contributed by atoms with Gasteiger partial charge in [-0.1, -0.05) is 13.8 Å². The van der Waals surface area contributed by atoms with E-state index in [0.29, 0.717) is 5.69 Å². The van der Waals surface area contributed by atoms with Crippen LogP contribution in [0.25, 0.3) is 0 Å². The summed E-state index contributed by atoms with van der Waals surface area (Å²) in [4.78, 5) is 16.5. The van der Waals surface area contributed by atoms with Crippen molar-refractivity contribution >= 4 is 11.8 Å². The lowest BCUT2D eigenvalue weighted by Gasteiger charge is -2.27. The van der Waals surface area contributed by atoms with Crippen LogP contribution < -0.4 is 4.90 Å². The third kappa shape index (κ3) is 2.68. The maximum atomic E-state index is 11.2. The van der Waals surface area contributed by atoms with Crippen molar-refractivity contribution in [3.63, 3.8) is 0 Å². The molecule has 4 heteroatoms. The molecule has 0 radical (unpaired) electrons. The molecule has 0 fully saturated rings. The van der Waals surface area contributed by atoms with Crippen LogP contribution in [0.4, 0.5) is 10.5 Å². The van der Waals surface area contributed by atoms with Crippen molar-refractivity contribution in [2.75, 3.05) is 4.90 Å². The van der Waals surface area contributed by atoms with Crippen LogP contribution in [0, 0.1) is 0 Å². The summed E-state index contributed by atoms with van der Waals surface area (Å²) < 4.78 is 0. The van der Waals surface area contributed by atoms with Gasteiger partial charge >= 0.3 is 6.09 Å². The summed E-state index contributed by atoms with van der Waals surface area (Å²) in [6.45, 7) is 3.97. The first-order valence-electron chi connectivity index (χ1n) is 5.12. The number of pyridine rings is 1. The van der Waals surface area contributed by atoms with Crippen molar-refractivity contribution in [1.82, 2.24) is 4.98 Å². The van der Waals surface area contributed by atoms with E-state index in [1.807, 2.05) is 13.8 Å². The van der Waals surface area contributed by atoms with Crippen molar-refractivity contribution in [3.05, 3.63) is 24.5 Å².